The fourth-order valence-corrected chi connectivity index (χ4v) is 1.40. The van der Waals surface area contributed by atoms with Crippen LogP contribution in [-0.2, 0) is 4.79 Å². The summed E-state index contributed by atoms with van der Waals surface area (Å²) in [4.78, 5) is 10.1. The molecule has 0 saturated carbocycles. The third-order valence-electron chi connectivity index (χ3n) is 3.02. The zero-order valence-electron chi connectivity index (χ0n) is 11.7. The van der Waals surface area contributed by atoms with Crippen molar-refractivity contribution in [3.63, 3.8) is 0 Å². The average molecular weight is 422 g/mol. The van der Waals surface area contributed by atoms with E-state index in [-0.39, 0.29) is 0 Å². The van der Waals surface area contributed by atoms with Gasteiger partial charge in [-0.05, 0) is 6.42 Å². The standard InChI is InChI=1S/C10H7F13O3/c11-5(12,2-1-3(24)4(25)26)6(13,14)7(15,16)8(17,18)9(19,20)10(21,22)23/h3,24H,1-2H2,(H,25,26). The van der Waals surface area contributed by atoms with Gasteiger partial charge in [-0.2, -0.15) is 57.1 Å². The van der Waals surface area contributed by atoms with E-state index in [9.17, 15) is 61.9 Å². The Morgan fingerprint density at radius 2 is 1.04 bits per heavy atom. The van der Waals surface area contributed by atoms with Crippen LogP contribution in [0.1, 0.15) is 12.8 Å². The van der Waals surface area contributed by atoms with Gasteiger partial charge in [0.25, 0.3) is 0 Å². The summed E-state index contributed by atoms with van der Waals surface area (Å²) in [7, 11) is 0. The summed E-state index contributed by atoms with van der Waals surface area (Å²) in [6.07, 6.45) is -15.0. The summed E-state index contributed by atoms with van der Waals surface area (Å²) in [6, 6.07) is 0. The molecule has 0 aliphatic heterocycles. The number of alkyl halides is 13. The van der Waals surface area contributed by atoms with Gasteiger partial charge < -0.3 is 10.2 Å². The van der Waals surface area contributed by atoms with Gasteiger partial charge in [0, 0.05) is 6.42 Å². The smallest absolute Gasteiger partial charge is 0.460 e. The second-order valence-electron chi connectivity index (χ2n) is 4.89. The molecular weight excluding hydrogens is 415 g/mol. The zero-order chi connectivity index (χ0) is 21.6. The molecule has 0 amide bonds. The number of carboxylic acid groups (broad SMARTS) is 1. The lowest BCUT2D eigenvalue weighted by molar-refractivity contribution is -0.440. The molecule has 3 nitrogen and oxygen atoms in total. The van der Waals surface area contributed by atoms with E-state index in [0.29, 0.717) is 0 Å². The Balaban J connectivity index is 5.96. The first-order valence-corrected chi connectivity index (χ1v) is 5.94. The topological polar surface area (TPSA) is 57.5 Å². The molecule has 0 aliphatic rings. The zero-order valence-corrected chi connectivity index (χ0v) is 11.7. The van der Waals surface area contributed by atoms with Crippen molar-refractivity contribution in [3.8, 4) is 0 Å². The van der Waals surface area contributed by atoms with Crippen LogP contribution in [0.15, 0.2) is 0 Å². The van der Waals surface area contributed by atoms with E-state index in [2.05, 4.69) is 0 Å². The maximum absolute atomic E-state index is 13.1. The highest BCUT2D eigenvalue weighted by molar-refractivity contribution is 5.71. The normalized spacial score (nSPS) is 16.5. The summed E-state index contributed by atoms with van der Waals surface area (Å²) in [5.41, 5.74) is 0. The van der Waals surface area contributed by atoms with Gasteiger partial charge in [-0.3, -0.25) is 0 Å². The van der Waals surface area contributed by atoms with Crippen molar-refractivity contribution in [3.05, 3.63) is 0 Å². The highest BCUT2D eigenvalue weighted by Gasteiger charge is 2.90. The van der Waals surface area contributed by atoms with E-state index in [4.69, 9.17) is 10.2 Å². The quantitative estimate of drug-likeness (QED) is 0.583. The minimum Gasteiger partial charge on any atom is -0.479 e. The largest absolute Gasteiger partial charge is 0.479 e. The molecule has 0 saturated heterocycles. The molecule has 0 spiro atoms. The first kappa shape index (κ1) is 24.5. The van der Waals surface area contributed by atoms with Gasteiger partial charge in [-0.15, -0.1) is 0 Å². The number of halogens is 13. The lowest BCUT2D eigenvalue weighted by Crippen LogP contribution is -2.70. The van der Waals surface area contributed by atoms with E-state index >= 15 is 0 Å². The van der Waals surface area contributed by atoms with Gasteiger partial charge in [0.2, 0.25) is 0 Å². The molecule has 2 N–H and O–H groups in total. The van der Waals surface area contributed by atoms with E-state index in [0.717, 1.165) is 0 Å². The third kappa shape index (κ3) is 3.64. The molecular formula is C10H7F13O3. The molecule has 0 aromatic heterocycles. The molecule has 0 radical (unpaired) electrons. The lowest BCUT2D eigenvalue weighted by Gasteiger charge is -2.39. The SMILES string of the molecule is O=C(O)C(O)CCC(F)(F)C(F)(F)C(F)(F)C(F)(F)C(F)(F)C(F)(F)F. The minimum absolute atomic E-state index is 1.94. The van der Waals surface area contributed by atoms with Crippen LogP contribution in [0.2, 0.25) is 0 Å². The molecule has 0 bridgehead atoms. The molecule has 0 fully saturated rings. The Kier molecular flexibility index (Phi) is 6.22. The predicted octanol–water partition coefficient (Wildman–Crippen LogP) is 3.95. The molecule has 26 heavy (non-hydrogen) atoms. The highest BCUT2D eigenvalue weighted by atomic mass is 19.4. The first-order valence-electron chi connectivity index (χ1n) is 5.94. The van der Waals surface area contributed by atoms with Gasteiger partial charge in [0.05, 0.1) is 0 Å². The van der Waals surface area contributed by atoms with Gasteiger partial charge in [-0.25, -0.2) is 4.79 Å². The van der Waals surface area contributed by atoms with Crippen LogP contribution in [0.4, 0.5) is 57.1 Å². The number of rotatable bonds is 8. The molecule has 1 atom stereocenters. The number of hydrogen-bond acceptors (Lipinski definition) is 2. The van der Waals surface area contributed by atoms with Crippen LogP contribution in [0.5, 0.6) is 0 Å². The highest BCUT2D eigenvalue weighted by Crippen LogP contribution is 2.60. The number of aliphatic carboxylic acids is 1. The molecule has 0 aromatic rings. The van der Waals surface area contributed by atoms with Gasteiger partial charge in [0.1, 0.15) is 0 Å². The number of aliphatic hydroxyl groups excluding tert-OH is 1. The van der Waals surface area contributed by atoms with Crippen molar-refractivity contribution in [1.29, 1.82) is 0 Å². The van der Waals surface area contributed by atoms with E-state index in [1.165, 1.54) is 0 Å². The number of hydrogen-bond donors (Lipinski definition) is 2. The molecule has 156 valence electrons. The Labute approximate surface area is 134 Å². The van der Waals surface area contributed by atoms with E-state index in [1.54, 1.807) is 0 Å². The summed E-state index contributed by atoms with van der Waals surface area (Å²) in [5.74, 6) is -39.9. The fourth-order valence-electron chi connectivity index (χ4n) is 1.40. The Hall–Kier alpha value is -1.48. The van der Waals surface area contributed by atoms with Crippen molar-refractivity contribution in [1.82, 2.24) is 0 Å². The van der Waals surface area contributed by atoms with E-state index < -0.39 is 60.7 Å². The van der Waals surface area contributed by atoms with E-state index in [1.807, 2.05) is 0 Å². The second kappa shape index (κ2) is 6.60. The van der Waals surface area contributed by atoms with Gasteiger partial charge in [0.15, 0.2) is 6.10 Å². The van der Waals surface area contributed by atoms with Crippen molar-refractivity contribution in [2.45, 2.75) is 54.7 Å². The third-order valence-corrected chi connectivity index (χ3v) is 3.02. The summed E-state index contributed by atoms with van der Waals surface area (Å²) in [6.45, 7) is 0. The number of carboxylic acids is 1. The maximum atomic E-state index is 13.1. The van der Waals surface area contributed by atoms with Crippen molar-refractivity contribution < 1.29 is 72.1 Å². The molecule has 0 rings (SSSR count). The van der Waals surface area contributed by atoms with Crippen molar-refractivity contribution in [2.24, 2.45) is 0 Å². The van der Waals surface area contributed by atoms with Crippen molar-refractivity contribution in [2.75, 3.05) is 0 Å². The minimum atomic E-state index is -8.00. The van der Waals surface area contributed by atoms with Crippen LogP contribution < -0.4 is 0 Å². The average Bonchev–Trinajstić information content (AvgIpc) is 2.42. The number of aliphatic hydroxyl groups is 1. The predicted molar refractivity (Wildman–Crippen MR) is 53.7 cm³/mol. The summed E-state index contributed by atoms with van der Waals surface area (Å²) >= 11 is 0. The van der Waals surface area contributed by atoms with Crippen LogP contribution in [0, 0.1) is 0 Å². The first-order chi connectivity index (χ1) is 11.1. The fraction of sp³-hybridized carbons (Fsp3) is 0.900. The monoisotopic (exact) mass is 422 g/mol. The van der Waals surface area contributed by atoms with Crippen LogP contribution in [0.3, 0.4) is 0 Å². The molecule has 0 heterocycles. The Morgan fingerprint density at radius 1 is 0.692 bits per heavy atom. The maximum Gasteiger partial charge on any atom is 0.460 e. The molecule has 0 aromatic carbocycles. The van der Waals surface area contributed by atoms with Crippen molar-refractivity contribution >= 4 is 5.97 Å². The van der Waals surface area contributed by atoms with Crippen LogP contribution >= 0.6 is 0 Å². The lowest BCUT2D eigenvalue weighted by atomic mass is 9.91. The molecule has 1 unspecified atom stereocenters. The summed E-state index contributed by atoms with van der Waals surface area (Å²) in [5, 5.41) is 16.7. The molecule has 16 heteroatoms. The van der Waals surface area contributed by atoms with Crippen LogP contribution in [0.25, 0.3) is 0 Å². The molecule has 0 aliphatic carbocycles. The Bertz CT molecular complexity index is 525. The number of carbonyl (C=O) groups is 1. The summed E-state index contributed by atoms with van der Waals surface area (Å²) < 4.78 is 165. The van der Waals surface area contributed by atoms with Crippen LogP contribution in [-0.4, -0.2) is 58.1 Å². The Morgan fingerprint density at radius 3 is 1.35 bits per heavy atom. The second-order valence-corrected chi connectivity index (χ2v) is 4.89. The van der Waals surface area contributed by atoms with Gasteiger partial charge in [-0.1, -0.05) is 0 Å². The van der Waals surface area contributed by atoms with Gasteiger partial charge >= 0.3 is 41.8 Å².